The van der Waals surface area contributed by atoms with Gasteiger partial charge >= 0.3 is 0 Å². The van der Waals surface area contributed by atoms with Crippen molar-refractivity contribution in [2.24, 2.45) is 0 Å². The predicted molar refractivity (Wildman–Crippen MR) is 82.6 cm³/mol. The Bertz CT molecular complexity index is 628. The highest BCUT2D eigenvalue weighted by atomic mass is 79.9. The van der Waals surface area contributed by atoms with Crippen molar-refractivity contribution in [3.05, 3.63) is 15.9 Å². The van der Waals surface area contributed by atoms with Gasteiger partial charge in [-0.1, -0.05) is 6.92 Å². The average molecular weight is 379 g/mol. The summed E-state index contributed by atoms with van der Waals surface area (Å²) in [5.41, 5.74) is 1.17. The number of nitrogens with zero attached hydrogens (tertiary/aromatic N) is 2. The molecule has 1 aromatic rings. The van der Waals surface area contributed by atoms with Crippen molar-refractivity contribution in [2.75, 3.05) is 19.3 Å². The summed E-state index contributed by atoms with van der Waals surface area (Å²) in [5.74, 6) is -0.293. The molecule has 21 heavy (non-hydrogen) atoms. The van der Waals surface area contributed by atoms with E-state index in [4.69, 9.17) is 0 Å². The number of rotatable bonds is 4. The predicted octanol–water partition coefficient (Wildman–Crippen LogP) is 0.888. The van der Waals surface area contributed by atoms with Crippen LogP contribution in [0.2, 0.25) is 0 Å². The number of aromatic amines is 1. The molecule has 1 saturated heterocycles. The summed E-state index contributed by atoms with van der Waals surface area (Å²) >= 11 is 3.36. The Kier molecular flexibility index (Phi) is 5.05. The molecule has 0 saturated carbocycles. The molecule has 0 radical (unpaired) electrons. The van der Waals surface area contributed by atoms with Gasteiger partial charge in [0.05, 0.1) is 10.7 Å². The second-order valence-corrected chi connectivity index (χ2v) is 7.93. The number of amides is 1. The maximum atomic E-state index is 12.2. The first-order valence-electron chi connectivity index (χ1n) is 6.81. The number of hydrogen-bond acceptors (Lipinski definition) is 4. The number of nitrogens with one attached hydrogen (secondary N) is 2. The number of hydrogen-bond donors (Lipinski definition) is 2. The summed E-state index contributed by atoms with van der Waals surface area (Å²) in [4.78, 5) is 12.2. The van der Waals surface area contributed by atoms with Crippen molar-refractivity contribution in [3.8, 4) is 0 Å². The van der Waals surface area contributed by atoms with Crippen LogP contribution in [0.5, 0.6) is 0 Å². The Morgan fingerprint density at radius 3 is 2.86 bits per heavy atom. The number of carbonyl (C=O) groups is 1. The largest absolute Gasteiger partial charge is 0.347 e. The molecule has 0 aromatic carbocycles. The average Bonchev–Trinajstić information content (AvgIpc) is 2.79. The number of halogens is 1. The maximum absolute atomic E-state index is 12.2. The van der Waals surface area contributed by atoms with Gasteiger partial charge in [-0.2, -0.15) is 5.10 Å². The van der Waals surface area contributed by atoms with E-state index in [2.05, 4.69) is 31.4 Å². The SMILES string of the molecule is CCc1[nH]nc(C(=O)NC2CCCN(S(C)(=O)=O)C2)c1Br. The second-order valence-electron chi connectivity index (χ2n) is 5.15. The van der Waals surface area contributed by atoms with Crippen LogP contribution in [0.25, 0.3) is 0 Å². The summed E-state index contributed by atoms with van der Waals surface area (Å²) in [6.07, 6.45) is 3.43. The smallest absolute Gasteiger partial charge is 0.273 e. The van der Waals surface area contributed by atoms with E-state index in [-0.39, 0.29) is 11.9 Å². The summed E-state index contributed by atoms with van der Waals surface area (Å²) in [6.45, 7) is 2.79. The summed E-state index contributed by atoms with van der Waals surface area (Å²) in [6, 6.07) is -0.186. The van der Waals surface area contributed by atoms with E-state index in [1.165, 1.54) is 10.6 Å². The summed E-state index contributed by atoms with van der Waals surface area (Å²) in [5, 5.41) is 9.67. The van der Waals surface area contributed by atoms with Crippen LogP contribution in [-0.4, -0.2) is 54.2 Å². The van der Waals surface area contributed by atoms with Crippen molar-refractivity contribution in [2.45, 2.75) is 32.2 Å². The Labute approximate surface area is 132 Å². The van der Waals surface area contributed by atoms with Gasteiger partial charge in [-0.3, -0.25) is 9.89 Å². The van der Waals surface area contributed by atoms with Crippen LogP contribution in [0.4, 0.5) is 0 Å². The number of carbonyl (C=O) groups excluding carboxylic acids is 1. The lowest BCUT2D eigenvalue weighted by Crippen LogP contribution is -2.49. The molecular weight excluding hydrogens is 360 g/mol. The highest BCUT2D eigenvalue weighted by Gasteiger charge is 2.28. The minimum Gasteiger partial charge on any atom is -0.347 e. The van der Waals surface area contributed by atoms with Crippen LogP contribution in [0.1, 0.15) is 35.9 Å². The minimum absolute atomic E-state index is 0.186. The Balaban J connectivity index is 2.04. The molecule has 1 aliphatic heterocycles. The van der Waals surface area contributed by atoms with Gasteiger partial charge in [0.25, 0.3) is 5.91 Å². The van der Waals surface area contributed by atoms with Gasteiger partial charge in [-0.15, -0.1) is 0 Å². The molecule has 1 aromatic heterocycles. The zero-order valence-electron chi connectivity index (χ0n) is 12.0. The standard InChI is InChI=1S/C12H19BrN4O3S/c1-3-9-10(13)11(16-15-9)12(18)14-8-5-4-6-17(7-8)21(2,19)20/h8H,3-7H2,1-2H3,(H,14,18)(H,15,16). The first-order chi connectivity index (χ1) is 9.82. The van der Waals surface area contributed by atoms with E-state index in [1.54, 1.807) is 0 Å². The number of H-pyrrole nitrogens is 1. The lowest BCUT2D eigenvalue weighted by molar-refractivity contribution is 0.0915. The molecule has 0 aliphatic carbocycles. The van der Waals surface area contributed by atoms with Gasteiger partial charge in [0.1, 0.15) is 0 Å². The Morgan fingerprint density at radius 2 is 2.29 bits per heavy atom. The van der Waals surface area contributed by atoms with Crippen LogP contribution in [0.3, 0.4) is 0 Å². The van der Waals surface area contributed by atoms with E-state index in [9.17, 15) is 13.2 Å². The highest BCUT2D eigenvalue weighted by Crippen LogP contribution is 2.20. The molecule has 1 unspecified atom stereocenters. The molecule has 2 rings (SSSR count). The third-order valence-electron chi connectivity index (χ3n) is 3.53. The molecule has 0 bridgehead atoms. The molecule has 9 heteroatoms. The number of aromatic nitrogens is 2. The van der Waals surface area contributed by atoms with Gasteiger partial charge in [0, 0.05) is 24.8 Å². The van der Waals surface area contributed by atoms with Crippen LogP contribution in [0, 0.1) is 0 Å². The lowest BCUT2D eigenvalue weighted by Gasteiger charge is -2.31. The fourth-order valence-electron chi connectivity index (χ4n) is 2.36. The molecule has 2 heterocycles. The Hall–Kier alpha value is -0.930. The lowest BCUT2D eigenvalue weighted by atomic mass is 10.1. The molecular formula is C12H19BrN4O3S. The summed E-state index contributed by atoms with van der Waals surface area (Å²) < 4.78 is 25.2. The summed E-state index contributed by atoms with van der Waals surface area (Å²) in [7, 11) is -3.22. The zero-order chi connectivity index (χ0) is 15.6. The number of piperidine rings is 1. The molecule has 1 fully saturated rings. The van der Waals surface area contributed by atoms with E-state index < -0.39 is 10.0 Å². The fourth-order valence-corrected chi connectivity index (χ4v) is 3.91. The molecule has 2 N–H and O–H groups in total. The normalized spacial score (nSPS) is 20.4. The molecule has 1 amide bonds. The van der Waals surface area contributed by atoms with E-state index in [1.807, 2.05) is 6.92 Å². The van der Waals surface area contributed by atoms with Gasteiger partial charge in [-0.05, 0) is 35.2 Å². The number of sulfonamides is 1. The van der Waals surface area contributed by atoms with Gasteiger partial charge < -0.3 is 5.32 Å². The van der Waals surface area contributed by atoms with Gasteiger partial charge in [-0.25, -0.2) is 12.7 Å². The zero-order valence-corrected chi connectivity index (χ0v) is 14.4. The topological polar surface area (TPSA) is 95.2 Å². The molecule has 0 spiro atoms. The van der Waals surface area contributed by atoms with Crippen LogP contribution in [0.15, 0.2) is 4.47 Å². The molecule has 118 valence electrons. The minimum atomic E-state index is -3.22. The van der Waals surface area contributed by atoms with Crippen molar-refractivity contribution >= 4 is 31.9 Å². The third-order valence-corrected chi connectivity index (χ3v) is 5.66. The van der Waals surface area contributed by atoms with Crippen molar-refractivity contribution in [1.29, 1.82) is 0 Å². The highest BCUT2D eigenvalue weighted by molar-refractivity contribution is 9.10. The molecule has 1 aliphatic rings. The van der Waals surface area contributed by atoms with Crippen molar-refractivity contribution in [3.63, 3.8) is 0 Å². The molecule has 7 nitrogen and oxygen atoms in total. The number of aryl methyl sites for hydroxylation is 1. The fraction of sp³-hybridized carbons (Fsp3) is 0.667. The maximum Gasteiger partial charge on any atom is 0.273 e. The third kappa shape index (κ3) is 3.83. The van der Waals surface area contributed by atoms with E-state index in [0.29, 0.717) is 23.3 Å². The van der Waals surface area contributed by atoms with Crippen LogP contribution < -0.4 is 5.32 Å². The molecule has 1 atom stereocenters. The second kappa shape index (κ2) is 6.45. The van der Waals surface area contributed by atoms with Crippen molar-refractivity contribution in [1.82, 2.24) is 19.8 Å². The van der Waals surface area contributed by atoms with E-state index in [0.717, 1.165) is 25.0 Å². The Morgan fingerprint density at radius 1 is 1.57 bits per heavy atom. The van der Waals surface area contributed by atoms with Crippen LogP contribution in [-0.2, 0) is 16.4 Å². The first-order valence-corrected chi connectivity index (χ1v) is 9.45. The monoisotopic (exact) mass is 378 g/mol. The quantitative estimate of drug-likeness (QED) is 0.812. The van der Waals surface area contributed by atoms with E-state index >= 15 is 0 Å². The first kappa shape index (κ1) is 16.4. The van der Waals surface area contributed by atoms with Crippen molar-refractivity contribution < 1.29 is 13.2 Å². The van der Waals surface area contributed by atoms with Gasteiger partial charge in [0.15, 0.2) is 5.69 Å². The van der Waals surface area contributed by atoms with Gasteiger partial charge in [0.2, 0.25) is 10.0 Å². The van der Waals surface area contributed by atoms with Crippen LogP contribution >= 0.6 is 15.9 Å².